The molecule has 0 N–H and O–H groups in total. The molecule has 0 unspecified atom stereocenters. The zero-order valence-electron chi connectivity index (χ0n) is 17.1. The van der Waals surface area contributed by atoms with Crippen LogP contribution in [0.1, 0.15) is 11.1 Å². The lowest BCUT2D eigenvalue weighted by Gasteiger charge is -2.13. The lowest BCUT2D eigenvalue weighted by molar-refractivity contribution is -0.123. The number of carbonyl (C=O) groups is 2. The van der Waals surface area contributed by atoms with Crippen molar-refractivity contribution in [3.8, 4) is 11.5 Å². The third-order valence-electron chi connectivity index (χ3n) is 4.72. The van der Waals surface area contributed by atoms with Gasteiger partial charge >= 0.3 is 0 Å². The van der Waals surface area contributed by atoms with Gasteiger partial charge in [-0.1, -0.05) is 70.5 Å². The number of hydrogen-bond donors (Lipinski definition) is 0. The fraction of sp³-hybridized carbons (Fsp3) is 0.120. The first-order valence-corrected chi connectivity index (χ1v) is 11.6. The third-order valence-corrected chi connectivity index (χ3v) is 6.40. The van der Waals surface area contributed by atoms with Crippen LogP contribution in [0.2, 0.25) is 0 Å². The Morgan fingerprint density at radius 3 is 2.34 bits per heavy atom. The molecule has 0 bridgehead atoms. The van der Waals surface area contributed by atoms with Crippen molar-refractivity contribution in [1.29, 1.82) is 0 Å². The Morgan fingerprint density at radius 1 is 0.844 bits per heavy atom. The summed E-state index contributed by atoms with van der Waals surface area (Å²) >= 11 is 4.41. The molecule has 1 aliphatic heterocycles. The Kier molecular flexibility index (Phi) is 7.29. The van der Waals surface area contributed by atoms with Crippen LogP contribution in [0.5, 0.6) is 11.5 Å². The van der Waals surface area contributed by atoms with E-state index in [1.54, 1.807) is 6.08 Å². The van der Waals surface area contributed by atoms with E-state index in [0.717, 1.165) is 33.1 Å². The smallest absolute Gasteiger partial charge is 0.293 e. The quantitative estimate of drug-likeness (QED) is 0.269. The molecule has 0 aliphatic carbocycles. The number of rotatable bonds is 8. The first-order chi connectivity index (χ1) is 15.6. The fourth-order valence-corrected chi connectivity index (χ4v) is 4.37. The molecule has 5 nitrogen and oxygen atoms in total. The predicted octanol–water partition coefficient (Wildman–Crippen LogP) is 6.14. The number of ether oxygens (including phenoxy) is 2. The summed E-state index contributed by atoms with van der Waals surface area (Å²) in [6.07, 6.45) is 1.71. The number of benzene rings is 3. The fourth-order valence-electron chi connectivity index (χ4n) is 3.13. The molecule has 2 amide bonds. The molecule has 0 radical (unpaired) electrons. The van der Waals surface area contributed by atoms with Gasteiger partial charge in [-0.15, -0.1) is 0 Å². The summed E-state index contributed by atoms with van der Waals surface area (Å²) in [6, 6.07) is 24.5. The van der Waals surface area contributed by atoms with Crippen LogP contribution in [0, 0.1) is 0 Å². The van der Waals surface area contributed by atoms with E-state index in [1.165, 1.54) is 4.90 Å². The summed E-state index contributed by atoms with van der Waals surface area (Å²) in [7, 11) is 0. The number of thioether (sulfide) groups is 1. The Bertz CT molecular complexity index is 1150. The van der Waals surface area contributed by atoms with E-state index >= 15 is 0 Å². The second-order valence-electron chi connectivity index (χ2n) is 6.91. The predicted molar refractivity (Wildman–Crippen MR) is 130 cm³/mol. The minimum absolute atomic E-state index is 0.221. The zero-order valence-corrected chi connectivity index (χ0v) is 19.5. The Labute approximate surface area is 199 Å². The van der Waals surface area contributed by atoms with Crippen LogP contribution in [0.3, 0.4) is 0 Å². The normalized spacial score (nSPS) is 14.8. The van der Waals surface area contributed by atoms with Crippen molar-refractivity contribution in [2.24, 2.45) is 0 Å². The summed E-state index contributed by atoms with van der Waals surface area (Å²) < 4.78 is 12.4. The lowest BCUT2D eigenvalue weighted by Crippen LogP contribution is -2.27. The van der Waals surface area contributed by atoms with Crippen molar-refractivity contribution in [3.05, 3.63) is 99.4 Å². The summed E-state index contributed by atoms with van der Waals surface area (Å²) in [5.41, 5.74) is 1.61. The SMILES string of the molecule is O=C1S/C(=C/c2ccccc2OCCOc2ccccc2)C(=O)N1Cc1ccccc1Br. The number of imide groups is 1. The van der Waals surface area contributed by atoms with Crippen molar-refractivity contribution in [2.75, 3.05) is 13.2 Å². The molecule has 32 heavy (non-hydrogen) atoms. The minimum Gasteiger partial charge on any atom is -0.490 e. The standard InChI is InChI=1S/C25H20BrNO4S/c26-21-12-6-4-9-19(21)17-27-24(28)23(32-25(27)29)16-18-8-5-7-13-22(18)31-15-14-30-20-10-2-1-3-11-20/h1-13,16H,14-15,17H2/b23-16+. The second-order valence-corrected chi connectivity index (χ2v) is 8.75. The molecule has 0 atom stereocenters. The van der Waals surface area contributed by atoms with Crippen molar-refractivity contribution >= 4 is 44.9 Å². The Balaban J connectivity index is 1.43. The first kappa shape index (κ1) is 22.2. The highest BCUT2D eigenvalue weighted by Crippen LogP contribution is 2.35. The Morgan fingerprint density at radius 2 is 1.53 bits per heavy atom. The molecule has 1 fully saturated rings. The largest absolute Gasteiger partial charge is 0.490 e. The van der Waals surface area contributed by atoms with Crippen molar-refractivity contribution in [1.82, 2.24) is 4.90 Å². The topological polar surface area (TPSA) is 55.8 Å². The van der Waals surface area contributed by atoms with Gasteiger partial charge in [0.15, 0.2) is 0 Å². The number of carbonyl (C=O) groups excluding carboxylic acids is 2. The molecule has 0 saturated carbocycles. The van der Waals surface area contributed by atoms with Crippen LogP contribution in [-0.2, 0) is 11.3 Å². The van der Waals surface area contributed by atoms with E-state index in [0.29, 0.717) is 23.9 Å². The molecule has 3 aromatic carbocycles. The number of para-hydroxylation sites is 2. The van der Waals surface area contributed by atoms with E-state index in [2.05, 4.69) is 15.9 Å². The van der Waals surface area contributed by atoms with Crippen LogP contribution in [0.4, 0.5) is 4.79 Å². The molecule has 0 spiro atoms. The first-order valence-electron chi connectivity index (χ1n) is 10.0. The van der Waals surface area contributed by atoms with Gasteiger partial charge in [0.2, 0.25) is 0 Å². The van der Waals surface area contributed by atoms with Crippen molar-refractivity contribution in [3.63, 3.8) is 0 Å². The van der Waals surface area contributed by atoms with Crippen LogP contribution in [0.25, 0.3) is 6.08 Å². The number of nitrogens with zero attached hydrogens (tertiary/aromatic N) is 1. The van der Waals surface area contributed by atoms with Gasteiger partial charge in [0.05, 0.1) is 11.4 Å². The monoisotopic (exact) mass is 509 g/mol. The molecule has 1 heterocycles. The summed E-state index contributed by atoms with van der Waals surface area (Å²) in [6.45, 7) is 0.961. The van der Waals surface area contributed by atoms with Gasteiger partial charge in [-0.25, -0.2) is 0 Å². The highest BCUT2D eigenvalue weighted by molar-refractivity contribution is 9.10. The molecule has 7 heteroatoms. The molecule has 1 saturated heterocycles. The van der Waals surface area contributed by atoms with Gasteiger partial charge in [0, 0.05) is 10.0 Å². The van der Waals surface area contributed by atoms with Gasteiger partial charge in [0.1, 0.15) is 24.7 Å². The van der Waals surface area contributed by atoms with Gasteiger partial charge in [-0.05, 0) is 47.7 Å². The van der Waals surface area contributed by atoms with Gasteiger partial charge in [0.25, 0.3) is 11.1 Å². The summed E-state index contributed by atoms with van der Waals surface area (Å²) in [5.74, 6) is 1.10. The van der Waals surface area contributed by atoms with E-state index in [4.69, 9.17) is 9.47 Å². The highest BCUT2D eigenvalue weighted by atomic mass is 79.9. The van der Waals surface area contributed by atoms with Gasteiger partial charge < -0.3 is 9.47 Å². The minimum atomic E-state index is -0.307. The highest BCUT2D eigenvalue weighted by Gasteiger charge is 2.35. The molecular formula is C25H20BrNO4S. The molecule has 0 aromatic heterocycles. The average molecular weight is 510 g/mol. The molecule has 3 aromatic rings. The number of halogens is 1. The van der Waals surface area contributed by atoms with Gasteiger partial charge in [-0.2, -0.15) is 0 Å². The van der Waals surface area contributed by atoms with Gasteiger partial charge in [-0.3, -0.25) is 14.5 Å². The lowest BCUT2D eigenvalue weighted by atomic mass is 10.1. The van der Waals surface area contributed by atoms with Crippen LogP contribution in [0.15, 0.2) is 88.2 Å². The molecule has 1 aliphatic rings. The summed E-state index contributed by atoms with van der Waals surface area (Å²) in [4.78, 5) is 27.0. The zero-order chi connectivity index (χ0) is 22.3. The molecule has 4 rings (SSSR count). The maximum absolute atomic E-state index is 12.9. The van der Waals surface area contributed by atoms with E-state index in [1.807, 2.05) is 78.9 Å². The van der Waals surface area contributed by atoms with E-state index in [-0.39, 0.29) is 17.7 Å². The maximum atomic E-state index is 12.9. The van der Waals surface area contributed by atoms with E-state index < -0.39 is 0 Å². The van der Waals surface area contributed by atoms with Crippen LogP contribution >= 0.6 is 27.7 Å². The number of hydrogen-bond acceptors (Lipinski definition) is 5. The maximum Gasteiger partial charge on any atom is 0.293 e. The second kappa shape index (κ2) is 10.5. The van der Waals surface area contributed by atoms with Crippen molar-refractivity contribution < 1.29 is 19.1 Å². The Hall–Kier alpha value is -3.03. The van der Waals surface area contributed by atoms with E-state index in [9.17, 15) is 9.59 Å². The number of amides is 2. The average Bonchev–Trinajstić information content (AvgIpc) is 3.07. The van der Waals surface area contributed by atoms with Crippen LogP contribution in [-0.4, -0.2) is 29.3 Å². The molecular weight excluding hydrogens is 490 g/mol. The molecule has 162 valence electrons. The van der Waals surface area contributed by atoms with Crippen molar-refractivity contribution in [2.45, 2.75) is 6.54 Å². The third kappa shape index (κ3) is 5.41. The van der Waals surface area contributed by atoms with Crippen LogP contribution < -0.4 is 9.47 Å². The summed E-state index contributed by atoms with van der Waals surface area (Å²) in [5, 5.41) is -0.285.